The molecule has 0 aromatic heterocycles. The van der Waals surface area contributed by atoms with Gasteiger partial charge in [0.25, 0.3) is 0 Å². The molecule has 0 saturated carbocycles. The number of benzene rings is 1. The Labute approximate surface area is 110 Å². The van der Waals surface area contributed by atoms with E-state index in [0.717, 1.165) is 12.1 Å². The van der Waals surface area contributed by atoms with Gasteiger partial charge in [-0.05, 0) is 12.1 Å². The first kappa shape index (κ1) is 16.0. The molecule has 0 amide bonds. The minimum absolute atomic E-state index is 0.0769. The molecule has 0 radical (unpaired) electrons. The summed E-state index contributed by atoms with van der Waals surface area (Å²) in [5, 5.41) is 2.87. The van der Waals surface area contributed by atoms with Crippen LogP contribution >= 0.6 is 0 Å². The minimum atomic E-state index is -4.67. The maximum atomic E-state index is 12.7. The molecule has 0 bridgehead atoms. The third-order valence-electron chi connectivity index (χ3n) is 2.45. The summed E-state index contributed by atoms with van der Waals surface area (Å²) in [6.45, 7) is 3.78. The Kier molecular flexibility index (Phi) is 4.98. The predicted octanol–water partition coefficient (Wildman–Crippen LogP) is 2.48. The number of hydrogen-bond donors (Lipinski definition) is 1. The lowest BCUT2D eigenvalue weighted by atomic mass is 10.2. The smallest absolute Gasteiger partial charge is 0.314 e. The van der Waals surface area contributed by atoms with Gasteiger partial charge in [-0.15, -0.1) is 0 Å². The number of nitrogens with one attached hydrogen (secondary N) is 1. The van der Waals surface area contributed by atoms with Crippen LogP contribution in [0.2, 0.25) is 0 Å². The molecule has 7 heteroatoms. The van der Waals surface area contributed by atoms with E-state index in [1.54, 1.807) is 0 Å². The lowest BCUT2D eigenvalue weighted by Crippen LogP contribution is -2.29. The van der Waals surface area contributed by atoms with Gasteiger partial charge < -0.3 is 5.32 Å². The van der Waals surface area contributed by atoms with Gasteiger partial charge in [-0.25, -0.2) is 8.42 Å². The Morgan fingerprint density at radius 1 is 1.21 bits per heavy atom. The van der Waals surface area contributed by atoms with Crippen LogP contribution < -0.4 is 5.32 Å². The molecule has 3 nitrogen and oxygen atoms in total. The summed E-state index contributed by atoms with van der Waals surface area (Å²) in [5.74, 6) is -0.363. The first-order chi connectivity index (χ1) is 8.64. The SMILES string of the molecule is CC(C)NCCS(=O)(=O)c1ccccc1C(F)(F)F. The van der Waals surface area contributed by atoms with Gasteiger partial charge in [0, 0.05) is 12.6 Å². The van der Waals surface area contributed by atoms with Crippen LogP contribution in [0.4, 0.5) is 13.2 Å². The van der Waals surface area contributed by atoms with E-state index in [-0.39, 0.29) is 18.3 Å². The lowest BCUT2D eigenvalue weighted by molar-refractivity contribution is -0.139. The third kappa shape index (κ3) is 4.50. The quantitative estimate of drug-likeness (QED) is 0.907. The number of alkyl halides is 3. The van der Waals surface area contributed by atoms with Crippen molar-refractivity contribution < 1.29 is 21.6 Å². The summed E-state index contributed by atoms with van der Waals surface area (Å²) in [6.07, 6.45) is -4.67. The molecule has 0 spiro atoms. The summed E-state index contributed by atoms with van der Waals surface area (Å²) in [5.41, 5.74) is -1.11. The standard InChI is InChI=1S/C12H16F3NO2S/c1-9(2)16-7-8-19(17,18)11-6-4-3-5-10(11)12(13,14)15/h3-6,9,16H,7-8H2,1-2H3. The largest absolute Gasteiger partial charge is 0.417 e. The van der Waals surface area contributed by atoms with Crippen molar-refractivity contribution in [3.8, 4) is 0 Å². The van der Waals surface area contributed by atoms with Crippen molar-refractivity contribution in [1.29, 1.82) is 0 Å². The van der Waals surface area contributed by atoms with E-state index in [9.17, 15) is 21.6 Å². The van der Waals surface area contributed by atoms with Crippen LogP contribution in [-0.4, -0.2) is 26.8 Å². The molecule has 0 aliphatic carbocycles. The Balaban J connectivity index is 3.02. The van der Waals surface area contributed by atoms with Gasteiger partial charge in [0.05, 0.1) is 16.2 Å². The number of hydrogen-bond acceptors (Lipinski definition) is 3. The zero-order valence-electron chi connectivity index (χ0n) is 10.7. The second-order valence-electron chi connectivity index (χ2n) is 4.42. The van der Waals surface area contributed by atoms with Crippen LogP contribution in [0.3, 0.4) is 0 Å². The van der Waals surface area contributed by atoms with Crippen molar-refractivity contribution in [2.75, 3.05) is 12.3 Å². The summed E-state index contributed by atoms with van der Waals surface area (Å²) in [7, 11) is -3.95. The highest BCUT2D eigenvalue weighted by atomic mass is 32.2. The molecule has 1 N–H and O–H groups in total. The molecule has 0 saturated heterocycles. The van der Waals surface area contributed by atoms with E-state index < -0.39 is 26.5 Å². The van der Waals surface area contributed by atoms with Crippen LogP contribution in [-0.2, 0) is 16.0 Å². The Morgan fingerprint density at radius 2 is 1.79 bits per heavy atom. The van der Waals surface area contributed by atoms with E-state index >= 15 is 0 Å². The molecule has 0 atom stereocenters. The fraction of sp³-hybridized carbons (Fsp3) is 0.500. The first-order valence-electron chi connectivity index (χ1n) is 5.77. The molecule has 1 rings (SSSR count). The fourth-order valence-electron chi connectivity index (χ4n) is 1.56. The van der Waals surface area contributed by atoms with E-state index in [2.05, 4.69) is 5.32 Å². The number of rotatable bonds is 5. The van der Waals surface area contributed by atoms with Gasteiger partial charge in [-0.3, -0.25) is 0 Å². The predicted molar refractivity (Wildman–Crippen MR) is 66.6 cm³/mol. The molecule has 0 aliphatic heterocycles. The Hall–Kier alpha value is -1.08. The van der Waals surface area contributed by atoms with Crippen molar-refractivity contribution >= 4 is 9.84 Å². The second-order valence-corrected chi connectivity index (χ2v) is 6.50. The molecule has 0 aliphatic rings. The monoisotopic (exact) mass is 295 g/mol. The van der Waals surface area contributed by atoms with Gasteiger partial charge in [0.15, 0.2) is 9.84 Å². The summed E-state index contributed by atoms with van der Waals surface area (Å²) >= 11 is 0. The highest BCUT2D eigenvalue weighted by Gasteiger charge is 2.36. The van der Waals surface area contributed by atoms with E-state index in [1.165, 1.54) is 12.1 Å². The molecule has 19 heavy (non-hydrogen) atoms. The van der Waals surface area contributed by atoms with Crippen molar-refractivity contribution in [3.05, 3.63) is 29.8 Å². The van der Waals surface area contributed by atoms with Gasteiger partial charge >= 0.3 is 6.18 Å². The zero-order chi connectivity index (χ0) is 14.7. The van der Waals surface area contributed by atoms with Crippen molar-refractivity contribution in [1.82, 2.24) is 5.32 Å². The zero-order valence-corrected chi connectivity index (χ0v) is 11.5. The summed E-state index contributed by atoms with van der Waals surface area (Å²) in [4.78, 5) is -0.659. The average Bonchev–Trinajstić information content (AvgIpc) is 2.27. The third-order valence-corrected chi connectivity index (χ3v) is 4.22. The maximum Gasteiger partial charge on any atom is 0.417 e. The van der Waals surface area contributed by atoms with Crippen LogP contribution in [0.5, 0.6) is 0 Å². The van der Waals surface area contributed by atoms with Crippen LogP contribution in [0.25, 0.3) is 0 Å². The highest BCUT2D eigenvalue weighted by Crippen LogP contribution is 2.34. The molecule has 108 valence electrons. The van der Waals surface area contributed by atoms with Gasteiger partial charge in [0.1, 0.15) is 0 Å². The molecule has 0 heterocycles. The minimum Gasteiger partial charge on any atom is -0.314 e. The van der Waals surface area contributed by atoms with Gasteiger partial charge in [-0.1, -0.05) is 26.0 Å². The molecule has 0 unspecified atom stereocenters. The first-order valence-corrected chi connectivity index (χ1v) is 7.42. The van der Waals surface area contributed by atoms with E-state index in [1.807, 2.05) is 13.8 Å². The van der Waals surface area contributed by atoms with Gasteiger partial charge in [-0.2, -0.15) is 13.2 Å². The fourth-order valence-corrected chi connectivity index (χ4v) is 2.98. The van der Waals surface area contributed by atoms with Crippen LogP contribution in [0, 0.1) is 0 Å². The molecular formula is C12H16F3NO2S. The van der Waals surface area contributed by atoms with Crippen LogP contribution in [0.15, 0.2) is 29.2 Å². The highest BCUT2D eigenvalue weighted by molar-refractivity contribution is 7.91. The topological polar surface area (TPSA) is 46.2 Å². The van der Waals surface area contributed by atoms with E-state index in [4.69, 9.17) is 0 Å². The van der Waals surface area contributed by atoms with Gasteiger partial charge in [0.2, 0.25) is 0 Å². The number of halogens is 3. The molecule has 0 fully saturated rings. The average molecular weight is 295 g/mol. The second kappa shape index (κ2) is 5.92. The van der Waals surface area contributed by atoms with Crippen molar-refractivity contribution in [2.45, 2.75) is 31.0 Å². The molecule has 1 aromatic carbocycles. The normalized spacial score (nSPS) is 12.9. The Bertz CT molecular complexity index is 524. The number of sulfone groups is 1. The van der Waals surface area contributed by atoms with Crippen molar-refractivity contribution in [2.24, 2.45) is 0 Å². The maximum absolute atomic E-state index is 12.7. The summed E-state index contributed by atoms with van der Waals surface area (Å²) < 4.78 is 62.1. The van der Waals surface area contributed by atoms with Crippen molar-refractivity contribution in [3.63, 3.8) is 0 Å². The lowest BCUT2D eigenvalue weighted by Gasteiger charge is -2.14. The molecular weight excluding hydrogens is 279 g/mol. The molecule has 1 aromatic rings. The van der Waals surface area contributed by atoms with E-state index in [0.29, 0.717) is 0 Å². The Morgan fingerprint density at radius 3 is 2.32 bits per heavy atom. The summed E-state index contributed by atoms with van der Waals surface area (Å²) in [6, 6.07) is 4.32. The van der Waals surface area contributed by atoms with Crippen LogP contribution in [0.1, 0.15) is 19.4 Å².